The summed E-state index contributed by atoms with van der Waals surface area (Å²) in [4.78, 5) is 24.5. The van der Waals surface area contributed by atoms with E-state index in [0.717, 1.165) is 5.56 Å². The van der Waals surface area contributed by atoms with Gasteiger partial charge in [0.1, 0.15) is 5.60 Å². The summed E-state index contributed by atoms with van der Waals surface area (Å²) in [5.41, 5.74) is 0.542. The molecule has 0 N–H and O–H groups in total. The molecule has 0 aromatic heterocycles. The first-order chi connectivity index (χ1) is 10.6. The molecule has 0 bridgehead atoms. The van der Waals surface area contributed by atoms with Gasteiger partial charge in [0, 0.05) is 30.6 Å². The number of carbonyl (C=O) groups is 1. The molecule has 1 saturated carbocycles. The Bertz CT molecular complexity index is 653. The first-order valence-electron chi connectivity index (χ1n) is 7.86. The highest BCUT2D eigenvalue weighted by Crippen LogP contribution is 2.63. The van der Waals surface area contributed by atoms with Crippen LogP contribution in [0.1, 0.15) is 33.3 Å². The molecule has 3 atom stereocenters. The number of carbonyl (C=O) groups excluding carboxylic acids is 1. The number of nitro groups is 1. The van der Waals surface area contributed by atoms with Crippen molar-refractivity contribution in [2.45, 2.75) is 38.7 Å². The third kappa shape index (κ3) is 2.66. The van der Waals surface area contributed by atoms with Crippen molar-refractivity contribution in [2.75, 3.05) is 13.1 Å². The monoisotopic (exact) mass is 318 g/mol. The van der Waals surface area contributed by atoms with Gasteiger partial charge in [0.05, 0.1) is 4.92 Å². The number of rotatable bonds is 2. The summed E-state index contributed by atoms with van der Waals surface area (Å²) in [6.07, 6.45) is -0.272. The largest absolute Gasteiger partial charge is 0.444 e. The number of non-ortho nitro benzene ring substituents is 1. The van der Waals surface area contributed by atoms with Crippen molar-refractivity contribution >= 4 is 11.8 Å². The van der Waals surface area contributed by atoms with Crippen LogP contribution in [0.15, 0.2) is 24.3 Å². The van der Waals surface area contributed by atoms with E-state index >= 15 is 0 Å². The van der Waals surface area contributed by atoms with Gasteiger partial charge in [-0.1, -0.05) is 19.1 Å². The molecule has 0 unspecified atom stereocenters. The molecule has 6 nitrogen and oxygen atoms in total. The van der Waals surface area contributed by atoms with Gasteiger partial charge in [-0.2, -0.15) is 0 Å². The summed E-state index contributed by atoms with van der Waals surface area (Å²) in [6.45, 7) is 9.00. The van der Waals surface area contributed by atoms with E-state index in [1.165, 1.54) is 6.07 Å². The standard InChI is InChI=1S/C17H22N2O4/c1-16(2,3)23-15(20)18-9-13-14(10-18)17(13,4)11-6-5-7-12(8-11)19(21)22/h5-8,13-14H,9-10H2,1-4H3/t13-,14+,17-. The summed E-state index contributed by atoms with van der Waals surface area (Å²) < 4.78 is 5.41. The van der Waals surface area contributed by atoms with Crippen molar-refractivity contribution in [1.29, 1.82) is 0 Å². The van der Waals surface area contributed by atoms with Gasteiger partial charge in [-0.15, -0.1) is 0 Å². The number of nitrogens with zero attached hydrogens (tertiary/aromatic N) is 2. The Balaban J connectivity index is 1.70. The van der Waals surface area contributed by atoms with Crippen LogP contribution in [0.2, 0.25) is 0 Å². The van der Waals surface area contributed by atoms with Gasteiger partial charge in [0.2, 0.25) is 0 Å². The number of nitro benzene ring substituents is 1. The highest BCUT2D eigenvalue weighted by atomic mass is 16.6. The van der Waals surface area contributed by atoms with Crippen molar-refractivity contribution in [2.24, 2.45) is 11.8 Å². The van der Waals surface area contributed by atoms with E-state index in [1.807, 2.05) is 26.8 Å². The lowest BCUT2D eigenvalue weighted by Gasteiger charge is -2.28. The van der Waals surface area contributed by atoms with Crippen LogP contribution in [0.3, 0.4) is 0 Å². The topological polar surface area (TPSA) is 72.7 Å². The van der Waals surface area contributed by atoms with Crippen LogP contribution in [0, 0.1) is 22.0 Å². The molecule has 1 aromatic carbocycles. The Kier molecular flexibility index (Phi) is 3.39. The molecule has 1 saturated heterocycles. The van der Waals surface area contributed by atoms with E-state index in [2.05, 4.69) is 6.92 Å². The van der Waals surface area contributed by atoms with E-state index in [9.17, 15) is 14.9 Å². The van der Waals surface area contributed by atoms with E-state index in [4.69, 9.17) is 4.74 Å². The Labute approximate surface area is 135 Å². The summed E-state index contributed by atoms with van der Waals surface area (Å²) >= 11 is 0. The van der Waals surface area contributed by atoms with Gasteiger partial charge >= 0.3 is 6.09 Å². The molecular weight excluding hydrogens is 296 g/mol. The third-order valence-electron chi connectivity index (χ3n) is 5.08. The maximum absolute atomic E-state index is 12.1. The maximum atomic E-state index is 12.1. The van der Waals surface area contributed by atoms with Crippen LogP contribution >= 0.6 is 0 Å². The molecule has 0 spiro atoms. The summed E-state index contributed by atoms with van der Waals surface area (Å²) in [6, 6.07) is 6.86. The van der Waals surface area contributed by atoms with Crippen LogP contribution in [-0.4, -0.2) is 34.6 Å². The number of hydrogen-bond donors (Lipinski definition) is 0. The van der Waals surface area contributed by atoms with Crippen molar-refractivity contribution in [3.05, 3.63) is 39.9 Å². The molecule has 23 heavy (non-hydrogen) atoms. The molecule has 1 aromatic rings. The van der Waals surface area contributed by atoms with Crippen molar-refractivity contribution in [3.8, 4) is 0 Å². The second kappa shape index (κ2) is 4.94. The Morgan fingerprint density at radius 3 is 2.48 bits per heavy atom. The fraction of sp³-hybridized carbons (Fsp3) is 0.588. The molecule has 1 aliphatic carbocycles. The SMILES string of the molecule is CC(C)(C)OC(=O)N1C[C@@H]2[C@H](C1)[C@]2(C)c1cccc([N+](=O)[O-])c1. The van der Waals surface area contributed by atoms with Crippen LogP contribution in [0.5, 0.6) is 0 Å². The lowest BCUT2D eigenvalue weighted by Crippen LogP contribution is -2.38. The van der Waals surface area contributed by atoms with Crippen molar-refractivity contribution in [1.82, 2.24) is 4.90 Å². The van der Waals surface area contributed by atoms with Gasteiger partial charge < -0.3 is 9.64 Å². The van der Waals surface area contributed by atoms with Crippen LogP contribution in [0.25, 0.3) is 0 Å². The number of ether oxygens (including phenoxy) is 1. The minimum absolute atomic E-state index is 0.0788. The maximum Gasteiger partial charge on any atom is 0.410 e. The van der Waals surface area contributed by atoms with Crippen LogP contribution in [-0.2, 0) is 10.2 Å². The molecular formula is C17H22N2O4. The fourth-order valence-corrected chi connectivity index (χ4v) is 3.74. The lowest BCUT2D eigenvalue weighted by molar-refractivity contribution is -0.384. The Hall–Kier alpha value is -2.11. The lowest BCUT2D eigenvalue weighted by atomic mass is 9.92. The first-order valence-corrected chi connectivity index (χ1v) is 7.86. The Morgan fingerprint density at radius 2 is 1.96 bits per heavy atom. The molecule has 1 heterocycles. The fourth-order valence-electron chi connectivity index (χ4n) is 3.74. The number of amides is 1. The first kappa shape index (κ1) is 15.8. The van der Waals surface area contributed by atoms with Gasteiger partial charge in [0.25, 0.3) is 5.69 Å². The highest BCUT2D eigenvalue weighted by molar-refractivity contribution is 5.69. The quantitative estimate of drug-likeness (QED) is 0.619. The van der Waals surface area contributed by atoms with E-state index in [-0.39, 0.29) is 22.1 Å². The zero-order valence-corrected chi connectivity index (χ0v) is 13.9. The van der Waals surface area contributed by atoms with Gasteiger partial charge in [-0.25, -0.2) is 4.79 Å². The number of fused-ring (bicyclic) bond motifs is 1. The number of hydrogen-bond acceptors (Lipinski definition) is 4. The molecule has 1 amide bonds. The van der Waals surface area contributed by atoms with Crippen molar-refractivity contribution < 1.29 is 14.5 Å². The number of likely N-dealkylation sites (tertiary alicyclic amines) is 1. The van der Waals surface area contributed by atoms with Gasteiger partial charge in [-0.05, 0) is 38.2 Å². The van der Waals surface area contributed by atoms with Crippen LogP contribution < -0.4 is 0 Å². The van der Waals surface area contributed by atoms with Crippen LogP contribution in [0.4, 0.5) is 10.5 Å². The van der Waals surface area contributed by atoms with E-state index in [1.54, 1.807) is 17.0 Å². The normalized spacial score (nSPS) is 29.1. The van der Waals surface area contributed by atoms with Crippen molar-refractivity contribution in [3.63, 3.8) is 0 Å². The predicted molar refractivity (Wildman–Crippen MR) is 85.2 cm³/mol. The average Bonchev–Trinajstić information content (AvgIpc) is 2.85. The van der Waals surface area contributed by atoms with E-state index in [0.29, 0.717) is 24.9 Å². The summed E-state index contributed by atoms with van der Waals surface area (Å²) in [5.74, 6) is 0.689. The molecule has 124 valence electrons. The summed E-state index contributed by atoms with van der Waals surface area (Å²) in [7, 11) is 0. The molecule has 1 aliphatic heterocycles. The molecule has 2 fully saturated rings. The second-order valence-corrected chi connectivity index (χ2v) is 7.69. The number of benzene rings is 1. The zero-order valence-electron chi connectivity index (χ0n) is 13.9. The molecule has 3 rings (SSSR count). The highest BCUT2D eigenvalue weighted by Gasteiger charge is 2.66. The summed E-state index contributed by atoms with van der Waals surface area (Å²) in [5, 5.41) is 11.0. The minimum atomic E-state index is -0.493. The minimum Gasteiger partial charge on any atom is -0.444 e. The third-order valence-corrected chi connectivity index (χ3v) is 5.08. The molecule has 2 aliphatic rings. The van der Waals surface area contributed by atoms with E-state index < -0.39 is 5.60 Å². The smallest absolute Gasteiger partial charge is 0.410 e. The predicted octanol–water partition coefficient (Wildman–Crippen LogP) is 3.35. The zero-order chi connectivity index (χ0) is 17.0. The molecule has 6 heteroatoms. The van der Waals surface area contributed by atoms with Gasteiger partial charge in [0.15, 0.2) is 0 Å². The average molecular weight is 318 g/mol. The van der Waals surface area contributed by atoms with Gasteiger partial charge in [-0.3, -0.25) is 10.1 Å². The Morgan fingerprint density at radius 1 is 1.35 bits per heavy atom. The number of piperidine rings is 1. The second-order valence-electron chi connectivity index (χ2n) is 7.69. The molecule has 0 radical (unpaired) electrons.